The molecule has 1 aliphatic heterocycles. The summed E-state index contributed by atoms with van der Waals surface area (Å²) in [7, 11) is 0. The van der Waals surface area contributed by atoms with Gasteiger partial charge in [-0.05, 0) is 50.6 Å². The van der Waals surface area contributed by atoms with E-state index in [4.69, 9.17) is 5.26 Å². The highest BCUT2D eigenvalue weighted by Crippen LogP contribution is 2.19. The smallest absolute Gasteiger partial charge is 0.228 e. The Kier molecular flexibility index (Phi) is 5.08. The van der Waals surface area contributed by atoms with Crippen molar-refractivity contribution in [1.82, 2.24) is 9.88 Å². The Hall–Kier alpha value is -1.93. The van der Waals surface area contributed by atoms with E-state index in [0.29, 0.717) is 12.2 Å². The predicted molar refractivity (Wildman–Crippen MR) is 77.0 cm³/mol. The molecule has 1 aromatic rings. The van der Waals surface area contributed by atoms with Gasteiger partial charge >= 0.3 is 0 Å². The Labute approximate surface area is 119 Å². The molecule has 20 heavy (non-hydrogen) atoms. The first-order valence-corrected chi connectivity index (χ1v) is 7.02. The van der Waals surface area contributed by atoms with Crippen molar-refractivity contribution in [2.75, 3.05) is 25.0 Å². The molecule has 1 N–H and O–H groups in total. The first kappa shape index (κ1) is 14.5. The third kappa shape index (κ3) is 4.04. The Bertz CT molecular complexity index is 501. The summed E-state index contributed by atoms with van der Waals surface area (Å²) in [5, 5.41) is 11.5. The van der Waals surface area contributed by atoms with Crippen molar-refractivity contribution < 1.29 is 4.79 Å². The number of hydrogen-bond donors (Lipinski definition) is 1. The Morgan fingerprint density at radius 2 is 2.30 bits per heavy atom. The van der Waals surface area contributed by atoms with E-state index in [-0.39, 0.29) is 11.8 Å². The van der Waals surface area contributed by atoms with Crippen LogP contribution in [-0.4, -0.2) is 35.4 Å². The van der Waals surface area contributed by atoms with Crippen molar-refractivity contribution in [3.8, 4) is 6.07 Å². The van der Waals surface area contributed by atoms with Crippen molar-refractivity contribution in [3.05, 3.63) is 23.9 Å². The summed E-state index contributed by atoms with van der Waals surface area (Å²) in [6.45, 7) is 4.57. The van der Waals surface area contributed by atoms with Crippen molar-refractivity contribution in [1.29, 1.82) is 5.26 Å². The number of carbonyl (C=O) groups is 1. The molecule has 0 aromatic carbocycles. The van der Waals surface area contributed by atoms with Gasteiger partial charge in [0.15, 0.2) is 0 Å². The second-order valence-electron chi connectivity index (χ2n) is 5.23. The molecule has 2 rings (SSSR count). The first-order chi connectivity index (χ1) is 9.69. The molecule has 1 fully saturated rings. The number of rotatable bonds is 4. The van der Waals surface area contributed by atoms with Gasteiger partial charge < -0.3 is 10.2 Å². The van der Waals surface area contributed by atoms with E-state index >= 15 is 0 Å². The van der Waals surface area contributed by atoms with Crippen LogP contribution in [0.3, 0.4) is 0 Å². The largest absolute Gasteiger partial charge is 0.310 e. The lowest BCUT2D eigenvalue weighted by atomic mass is 9.96. The van der Waals surface area contributed by atoms with Gasteiger partial charge in [-0.15, -0.1) is 0 Å². The number of hydrogen-bond acceptors (Lipinski definition) is 4. The maximum Gasteiger partial charge on any atom is 0.228 e. The van der Waals surface area contributed by atoms with E-state index in [1.807, 2.05) is 19.1 Å². The number of aromatic nitrogens is 1. The lowest BCUT2D eigenvalue weighted by Gasteiger charge is -2.30. The maximum atomic E-state index is 12.2. The SMILES string of the molecule is Cc1ccnc(NC(=O)C2CCN(CCC#N)CC2)c1. The number of nitriles is 1. The highest BCUT2D eigenvalue weighted by Gasteiger charge is 2.24. The van der Waals surface area contributed by atoms with Gasteiger partial charge in [-0.2, -0.15) is 5.26 Å². The maximum absolute atomic E-state index is 12.2. The molecule has 0 bridgehead atoms. The van der Waals surface area contributed by atoms with Crippen molar-refractivity contribution >= 4 is 11.7 Å². The molecule has 5 heteroatoms. The van der Waals surface area contributed by atoms with Crippen LogP contribution in [0.2, 0.25) is 0 Å². The van der Waals surface area contributed by atoms with Gasteiger partial charge in [0.25, 0.3) is 0 Å². The average molecular weight is 272 g/mol. The number of piperidine rings is 1. The number of carbonyl (C=O) groups excluding carboxylic acids is 1. The number of aryl methyl sites for hydroxylation is 1. The molecular weight excluding hydrogens is 252 g/mol. The van der Waals surface area contributed by atoms with Crippen LogP contribution in [0.25, 0.3) is 0 Å². The molecule has 1 aromatic heterocycles. The lowest BCUT2D eigenvalue weighted by molar-refractivity contribution is -0.121. The average Bonchev–Trinajstić information content (AvgIpc) is 2.45. The highest BCUT2D eigenvalue weighted by atomic mass is 16.1. The van der Waals surface area contributed by atoms with Crippen molar-refractivity contribution in [2.45, 2.75) is 26.2 Å². The minimum atomic E-state index is 0.0515. The summed E-state index contributed by atoms with van der Waals surface area (Å²) in [6.07, 6.45) is 3.96. The van der Waals surface area contributed by atoms with Crippen LogP contribution in [0.4, 0.5) is 5.82 Å². The quantitative estimate of drug-likeness (QED) is 0.909. The van der Waals surface area contributed by atoms with Crippen LogP contribution in [0.15, 0.2) is 18.3 Å². The minimum absolute atomic E-state index is 0.0515. The number of amides is 1. The molecule has 1 amide bonds. The van der Waals surface area contributed by atoms with E-state index in [1.54, 1.807) is 6.20 Å². The molecule has 106 valence electrons. The topological polar surface area (TPSA) is 69.0 Å². The third-order valence-electron chi connectivity index (χ3n) is 3.66. The molecular formula is C15H20N4O. The Morgan fingerprint density at radius 3 is 2.95 bits per heavy atom. The predicted octanol–water partition coefficient (Wildman–Crippen LogP) is 1.95. The summed E-state index contributed by atoms with van der Waals surface area (Å²) in [5.41, 5.74) is 1.08. The molecule has 0 atom stereocenters. The van der Waals surface area contributed by atoms with Gasteiger partial charge in [0.2, 0.25) is 5.91 Å². The second kappa shape index (κ2) is 7.01. The zero-order valence-electron chi connectivity index (χ0n) is 11.8. The monoisotopic (exact) mass is 272 g/mol. The van der Waals surface area contributed by atoms with Gasteiger partial charge in [-0.1, -0.05) is 0 Å². The van der Waals surface area contributed by atoms with E-state index in [2.05, 4.69) is 21.3 Å². The Morgan fingerprint density at radius 1 is 1.55 bits per heavy atom. The van der Waals surface area contributed by atoms with Crippen LogP contribution in [0.1, 0.15) is 24.8 Å². The van der Waals surface area contributed by atoms with Crippen LogP contribution in [0, 0.1) is 24.2 Å². The molecule has 0 radical (unpaired) electrons. The zero-order valence-corrected chi connectivity index (χ0v) is 11.8. The van der Waals surface area contributed by atoms with Gasteiger partial charge in [0, 0.05) is 25.1 Å². The Balaban J connectivity index is 1.82. The number of pyridine rings is 1. The summed E-state index contributed by atoms with van der Waals surface area (Å²) in [6, 6.07) is 5.94. The fourth-order valence-electron chi connectivity index (χ4n) is 2.46. The van der Waals surface area contributed by atoms with Gasteiger partial charge in [0.1, 0.15) is 5.82 Å². The number of anilines is 1. The fraction of sp³-hybridized carbons (Fsp3) is 0.533. The minimum Gasteiger partial charge on any atom is -0.310 e. The van der Waals surface area contributed by atoms with Gasteiger partial charge in [-0.3, -0.25) is 4.79 Å². The number of nitrogens with one attached hydrogen (secondary N) is 1. The lowest BCUT2D eigenvalue weighted by Crippen LogP contribution is -2.38. The van der Waals surface area contributed by atoms with E-state index in [9.17, 15) is 4.79 Å². The third-order valence-corrected chi connectivity index (χ3v) is 3.66. The summed E-state index contributed by atoms with van der Waals surface area (Å²) >= 11 is 0. The van der Waals surface area contributed by atoms with Crippen LogP contribution >= 0.6 is 0 Å². The molecule has 1 aliphatic rings. The second-order valence-corrected chi connectivity index (χ2v) is 5.23. The summed E-state index contributed by atoms with van der Waals surface area (Å²) < 4.78 is 0. The van der Waals surface area contributed by atoms with Crippen molar-refractivity contribution in [2.24, 2.45) is 5.92 Å². The highest BCUT2D eigenvalue weighted by molar-refractivity contribution is 5.91. The fourth-order valence-corrected chi connectivity index (χ4v) is 2.46. The zero-order chi connectivity index (χ0) is 14.4. The normalized spacial score (nSPS) is 16.6. The first-order valence-electron chi connectivity index (χ1n) is 7.02. The van der Waals surface area contributed by atoms with Gasteiger partial charge in [0.05, 0.1) is 6.07 Å². The summed E-state index contributed by atoms with van der Waals surface area (Å²) in [4.78, 5) is 18.6. The van der Waals surface area contributed by atoms with Crippen molar-refractivity contribution in [3.63, 3.8) is 0 Å². The summed E-state index contributed by atoms with van der Waals surface area (Å²) in [5.74, 6) is 0.737. The van der Waals surface area contributed by atoms with E-state index < -0.39 is 0 Å². The van der Waals surface area contributed by atoms with E-state index in [1.165, 1.54) is 0 Å². The standard InChI is InChI=1S/C15H20N4O/c1-12-3-7-17-14(11-12)18-15(20)13-4-9-19(10-5-13)8-2-6-16/h3,7,11,13H,2,4-5,8-10H2,1H3,(H,17,18,20). The molecule has 0 unspecified atom stereocenters. The molecule has 1 saturated heterocycles. The van der Waals surface area contributed by atoms with E-state index in [0.717, 1.165) is 38.0 Å². The molecule has 5 nitrogen and oxygen atoms in total. The molecule has 2 heterocycles. The number of likely N-dealkylation sites (tertiary alicyclic amines) is 1. The molecule has 0 saturated carbocycles. The number of nitrogens with zero attached hydrogens (tertiary/aromatic N) is 3. The van der Waals surface area contributed by atoms with Crippen LogP contribution < -0.4 is 5.32 Å². The van der Waals surface area contributed by atoms with Crippen LogP contribution in [-0.2, 0) is 4.79 Å². The van der Waals surface area contributed by atoms with Gasteiger partial charge in [-0.25, -0.2) is 4.98 Å². The molecule has 0 aliphatic carbocycles. The van der Waals surface area contributed by atoms with Crippen LogP contribution in [0.5, 0.6) is 0 Å². The molecule has 0 spiro atoms.